The van der Waals surface area contributed by atoms with Crippen LogP contribution >= 0.6 is 11.3 Å². The molecule has 1 aromatic rings. The minimum Gasteiger partial charge on any atom is -0.229 e. The molecule has 0 aromatic carbocycles. The van der Waals surface area contributed by atoms with Crippen molar-refractivity contribution in [2.24, 2.45) is 5.14 Å². The second-order valence-corrected chi connectivity index (χ2v) is 6.38. The van der Waals surface area contributed by atoms with E-state index in [-0.39, 0.29) is 11.7 Å². The lowest BCUT2D eigenvalue weighted by atomic mass is 9.89. The topological polar surface area (TPSA) is 60.2 Å². The SMILES string of the molecule is NS(=O)(=O)CC1CCCc2sccc21. The highest BCUT2D eigenvalue weighted by atomic mass is 32.2. The largest absolute Gasteiger partial charge is 0.229 e. The maximum atomic E-state index is 11.0. The van der Waals surface area contributed by atoms with E-state index >= 15 is 0 Å². The highest BCUT2D eigenvalue weighted by molar-refractivity contribution is 7.89. The summed E-state index contributed by atoms with van der Waals surface area (Å²) >= 11 is 1.72. The van der Waals surface area contributed by atoms with Gasteiger partial charge in [0.2, 0.25) is 10.0 Å². The smallest absolute Gasteiger partial charge is 0.209 e. The molecule has 1 aliphatic carbocycles. The lowest BCUT2D eigenvalue weighted by molar-refractivity contribution is 0.563. The third kappa shape index (κ3) is 2.16. The first-order chi connectivity index (χ1) is 6.56. The third-order valence-corrected chi connectivity index (χ3v) is 4.47. The molecule has 2 N–H and O–H groups in total. The van der Waals surface area contributed by atoms with Crippen molar-refractivity contribution >= 4 is 21.4 Å². The van der Waals surface area contributed by atoms with Gasteiger partial charge in [0, 0.05) is 10.8 Å². The Kier molecular flexibility index (Phi) is 2.64. The van der Waals surface area contributed by atoms with Crippen LogP contribution in [0.25, 0.3) is 0 Å². The number of rotatable bonds is 2. The third-order valence-electron chi connectivity index (χ3n) is 2.61. The summed E-state index contributed by atoms with van der Waals surface area (Å²) < 4.78 is 22.0. The van der Waals surface area contributed by atoms with Gasteiger partial charge in [-0.25, -0.2) is 13.6 Å². The van der Waals surface area contributed by atoms with E-state index in [4.69, 9.17) is 5.14 Å². The molecule has 14 heavy (non-hydrogen) atoms. The highest BCUT2D eigenvalue weighted by Crippen LogP contribution is 2.35. The molecular weight excluding hydrogens is 218 g/mol. The van der Waals surface area contributed by atoms with Gasteiger partial charge in [-0.05, 0) is 36.3 Å². The molecule has 0 aliphatic heterocycles. The van der Waals surface area contributed by atoms with Gasteiger partial charge in [-0.3, -0.25) is 0 Å². The Morgan fingerprint density at radius 2 is 2.36 bits per heavy atom. The molecule has 0 radical (unpaired) electrons. The molecule has 1 aliphatic rings. The van der Waals surface area contributed by atoms with Gasteiger partial charge >= 0.3 is 0 Å². The molecule has 3 nitrogen and oxygen atoms in total. The van der Waals surface area contributed by atoms with Crippen LogP contribution in [-0.4, -0.2) is 14.2 Å². The van der Waals surface area contributed by atoms with Gasteiger partial charge in [0.25, 0.3) is 0 Å². The van der Waals surface area contributed by atoms with E-state index in [0.717, 1.165) is 19.3 Å². The van der Waals surface area contributed by atoms with Gasteiger partial charge in [0.1, 0.15) is 0 Å². The van der Waals surface area contributed by atoms with Crippen LogP contribution in [0.4, 0.5) is 0 Å². The maximum absolute atomic E-state index is 11.0. The zero-order valence-corrected chi connectivity index (χ0v) is 9.40. The number of fused-ring (bicyclic) bond motifs is 1. The van der Waals surface area contributed by atoms with Crippen molar-refractivity contribution in [3.63, 3.8) is 0 Å². The maximum Gasteiger partial charge on any atom is 0.209 e. The number of nitrogens with two attached hydrogens (primary N) is 1. The number of primary sulfonamides is 1. The second-order valence-electron chi connectivity index (χ2n) is 3.72. The lowest BCUT2D eigenvalue weighted by Crippen LogP contribution is -2.23. The normalized spacial score (nSPS) is 21.9. The van der Waals surface area contributed by atoms with Crippen LogP contribution in [0.1, 0.15) is 29.2 Å². The van der Waals surface area contributed by atoms with E-state index in [1.165, 1.54) is 10.4 Å². The summed E-state index contributed by atoms with van der Waals surface area (Å²) in [5.41, 5.74) is 1.20. The van der Waals surface area contributed by atoms with Crippen molar-refractivity contribution in [2.45, 2.75) is 25.2 Å². The Labute approximate surface area is 88.0 Å². The fraction of sp³-hybridized carbons (Fsp3) is 0.556. The summed E-state index contributed by atoms with van der Waals surface area (Å²) in [6.07, 6.45) is 3.11. The summed E-state index contributed by atoms with van der Waals surface area (Å²) in [5.74, 6) is 0.219. The minimum atomic E-state index is -3.34. The molecular formula is C9H13NO2S2. The van der Waals surface area contributed by atoms with Crippen LogP contribution in [0.15, 0.2) is 11.4 Å². The average Bonchev–Trinajstić information content (AvgIpc) is 2.49. The van der Waals surface area contributed by atoms with E-state index in [1.807, 2.05) is 11.4 Å². The van der Waals surface area contributed by atoms with Crippen molar-refractivity contribution in [2.75, 3.05) is 5.75 Å². The first-order valence-corrected chi connectivity index (χ1v) is 7.22. The van der Waals surface area contributed by atoms with E-state index in [9.17, 15) is 8.42 Å². The highest BCUT2D eigenvalue weighted by Gasteiger charge is 2.24. The Morgan fingerprint density at radius 1 is 1.57 bits per heavy atom. The molecule has 1 aromatic heterocycles. The molecule has 0 fully saturated rings. The fourth-order valence-corrected chi connectivity index (χ4v) is 3.95. The Hall–Kier alpha value is -0.390. The van der Waals surface area contributed by atoms with Crippen LogP contribution in [0.5, 0.6) is 0 Å². The molecule has 0 bridgehead atoms. The van der Waals surface area contributed by atoms with E-state index in [2.05, 4.69) is 0 Å². The molecule has 0 spiro atoms. The minimum absolute atomic E-state index is 0.0940. The number of aryl methyl sites for hydroxylation is 1. The predicted octanol–water partition coefficient (Wildman–Crippen LogP) is 1.46. The van der Waals surface area contributed by atoms with Gasteiger partial charge in [-0.1, -0.05) is 0 Å². The van der Waals surface area contributed by atoms with Crippen molar-refractivity contribution in [3.8, 4) is 0 Å². The standard InChI is InChI=1S/C9H13NO2S2/c10-14(11,12)6-7-2-1-3-9-8(7)4-5-13-9/h4-5,7H,1-3,6H2,(H2,10,11,12). The zero-order valence-electron chi connectivity index (χ0n) is 7.77. The van der Waals surface area contributed by atoms with Crippen LogP contribution in [0.2, 0.25) is 0 Å². The second kappa shape index (κ2) is 3.64. The van der Waals surface area contributed by atoms with Gasteiger partial charge in [0.15, 0.2) is 0 Å². The number of hydrogen-bond donors (Lipinski definition) is 1. The average molecular weight is 231 g/mol. The molecule has 5 heteroatoms. The summed E-state index contributed by atoms with van der Waals surface area (Å²) in [6, 6.07) is 2.04. The van der Waals surface area contributed by atoms with Crippen molar-refractivity contribution in [1.82, 2.24) is 0 Å². The fourth-order valence-electron chi connectivity index (χ4n) is 2.04. The van der Waals surface area contributed by atoms with Crippen LogP contribution < -0.4 is 5.14 Å². The molecule has 1 atom stereocenters. The Morgan fingerprint density at radius 3 is 3.07 bits per heavy atom. The summed E-state index contributed by atoms with van der Waals surface area (Å²) in [7, 11) is -3.34. The molecule has 0 amide bonds. The van der Waals surface area contributed by atoms with Crippen molar-refractivity contribution < 1.29 is 8.42 Å². The van der Waals surface area contributed by atoms with Crippen LogP contribution in [0.3, 0.4) is 0 Å². The summed E-state index contributed by atoms with van der Waals surface area (Å²) in [5, 5.41) is 7.10. The van der Waals surface area contributed by atoms with E-state index in [1.54, 1.807) is 11.3 Å². The summed E-state index contributed by atoms with van der Waals surface area (Å²) in [6.45, 7) is 0. The van der Waals surface area contributed by atoms with Crippen molar-refractivity contribution in [1.29, 1.82) is 0 Å². The molecule has 0 saturated carbocycles. The predicted molar refractivity (Wildman–Crippen MR) is 58.0 cm³/mol. The first-order valence-electron chi connectivity index (χ1n) is 4.63. The molecule has 1 heterocycles. The Bertz CT molecular complexity index is 422. The van der Waals surface area contributed by atoms with Gasteiger partial charge in [-0.2, -0.15) is 0 Å². The number of hydrogen-bond acceptors (Lipinski definition) is 3. The molecule has 1 unspecified atom stereocenters. The number of thiophene rings is 1. The van der Waals surface area contributed by atoms with E-state index in [0.29, 0.717) is 0 Å². The van der Waals surface area contributed by atoms with E-state index < -0.39 is 10.0 Å². The van der Waals surface area contributed by atoms with Crippen molar-refractivity contribution in [3.05, 3.63) is 21.9 Å². The number of sulfonamides is 1. The zero-order chi connectivity index (χ0) is 10.2. The van der Waals surface area contributed by atoms with Gasteiger partial charge < -0.3 is 0 Å². The molecule has 2 rings (SSSR count). The van der Waals surface area contributed by atoms with Crippen LogP contribution in [-0.2, 0) is 16.4 Å². The van der Waals surface area contributed by atoms with Gasteiger partial charge in [0.05, 0.1) is 5.75 Å². The molecule has 78 valence electrons. The molecule has 0 saturated heterocycles. The summed E-state index contributed by atoms with van der Waals surface area (Å²) in [4.78, 5) is 1.34. The van der Waals surface area contributed by atoms with Gasteiger partial charge in [-0.15, -0.1) is 11.3 Å². The van der Waals surface area contributed by atoms with Crippen LogP contribution in [0, 0.1) is 0 Å². The Balaban J connectivity index is 2.25. The quantitative estimate of drug-likeness (QED) is 0.837. The lowest BCUT2D eigenvalue weighted by Gasteiger charge is -2.21. The monoisotopic (exact) mass is 231 g/mol. The first kappa shape index (κ1) is 10.1.